The SMILES string of the molecule is CN1C2CCC1c1c(-c3cnc(C4CC(F)(F)CN4)[nH]3)ccc(-c3ccc(-c4cnc(C5CC(F)(F)CN5)[nH]4)cc3)c12. The zero-order chi connectivity index (χ0) is 28.8. The van der Waals surface area contributed by atoms with Gasteiger partial charge < -0.3 is 20.6 Å². The Morgan fingerprint density at radius 2 is 1.19 bits per heavy atom. The molecule has 4 aromatic rings. The van der Waals surface area contributed by atoms with Gasteiger partial charge in [-0.25, -0.2) is 27.5 Å². The maximum atomic E-state index is 13.8. The fourth-order valence-electron chi connectivity index (χ4n) is 7.44. The van der Waals surface area contributed by atoms with E-state index in [0.29, 0.717) is 23.7 Å². The Bertz CT molecular complexity index is 1660. The third kappa shape index (κ3) is 4.20. The molecule has 0 saturated carbocycles. The third-order valence-corrected chi connectivity index (χ3v) is 9.52. The van der Waals surface area contributed by atoms with Crippen LogP contribution in [0.25, 0.3) is 33.6 Å². The molecule has 4 N–H and O–H groups in total. The number of H-pyrrole nitrogens is 2. The molecular weight excluding hydrogens is 546 g/mol. The Kier molecular flexibility index (Phi) is 5.74. The molecule has 4 atom stereocenters. The van der Waals surface area contributed by atoms with Crippen LogP contribution in [0.3, 0.4) is 0 Å². The number of fused-ring (bicyclic) bond motifs is 5. The molecule has 4 unspecified atom stereocenters. The normalized spacial score (nSPS) is 27.6. The van der Waals surface area contributed by atoms with E-state index in [1.807, 2.05) is 12.1 Å². The summed E-state index contributed by atoms with van der Waals surface area (Å²) in [6.45, 7) is -0.663. The minimum atomic E-state index is -2.72. The number of aromatic nitrogens is 4. The van der Waals surface area contributed by atoms with Crippen molar-refractivity contribution >= 4 is 0 Å². The van der Waals surface area contributed by atoms with Crippen LogP contribution < -0.4 is 10.6 Å². The number of benzene rings is 2. The molecule has 0 spiro atoms. The second-order valence-electron chi connectivity index (χ2n) is 12.2. The van der Waals surface area contributed by atoms with Crippen molar-refractivity contribution in [3.05, 3.63) is 71.6 Å². The molecule has 7 nitrogen and oxygen atoms in total. The van der Waals surface area contributed by atoms with E-state index in [-0.39, 0.29) is 25.9 Å². The van der Waals surface area contributed by atoms with Crippen LogP contribution >= 0.6 is 0 Å². The van der Waals surface area contributed by atoms with Crippen LogP contribution in [0.15, 0.2) is 48.8 Å². The second-order valence-corrected chi connectivity index (χ2v) is 12.2. The van der Waals surface area contributed by atoms with Gasteiger partial charge in [-0.2, -0.15) is 0 Å². The first kappa shape index (κ1) is 26.1. The summed E-state index contributed by atoms with van der Waals surface area (Å²) in [5, 5.41) is 5.74. The standard InChI is InChI=1S/C31H31F4N7/c1-42-24-8-9-25(42)27-19(23-13-37-29(41-23)21-11-31(34,35)15-39-21)7-6-18(26(24)27)16-2-4-17(5-3-16)22-12-36-28(40-22)20-10-30(32,33)14-38-20/h2-7,12-13,20-21,24-25,38-39H,8-11,14-15H2,1H3,(H,36,40)(H,37,41). The maximum absolute atomic E-state index is 13.8. The molecule has 42 heavy (non-hydrogen) atoms. The summed E-state index contributed by atoms with van der Waals surface area (Å²) in [7, 11) is 2.17. The molecule has 2 aromatic heterocycles. The number of imidazole rings is 2. The molecule has 3 saturated heterocycles. The van der Waals surface area contributed by atoms with Gasteiger partial charge in [0.1, 0.15) is 11.6 Å². The van der Waals surface area contributed by atoms with Crippen LogP contribution in [0.4, 0.5) is 17.6 Å². The zero-order valence-electron chi connectivity index (χ0n) is 23.0. The fourth-order valence-corrected chi connectivity index (χ4v) is 7.44. The van der Waals surface area contributed by atoms with Crippen molar-refractivity contribution in [3.8, 4) is 33.6 Å². The lowest BCUT2D eigenvalue weighted by Gasteiger charge is -2.21. The van der Waals surface area contributed by atoms with Crippen LogP contribution in [0.1, 0.15) is 72.6 Å². The predicted molar refractivity (Wildman–Crippen MR) is 150 cm³/mol. The van der Waals surface area contributed by atoms with Gasteiger partial charge in [-0.05, 0) is 47.7 Å². The van der Waals surface area contributed by atoms with Crippen molar-refractivity contribution in [3.63, 3.8) is 0 Å². The van der Waals surface area contributed by atoms with Crippen molar-refractivity contribution in [1.82, 2.24) is 35.5 Å². The monoisotopic (exact) mass is 577 g/mol. The van der Waals surface area contributed by atoms with Gasteiger partial charge in [0.2, 0.25) is 0 Å². The second kappa shape index (κ2) is 9.23. The summed E-state index contributed by atoms with van der Waals surface area (Å²) in [6, 6.07) is 12.2. The van der Waals surface area contributed by atoms with Crippen molar-refractivity contribution in [1.29, 1.82) is 0 Å². The predicted octanol–water partition coefficient (Wildman–Crippen LogP) is 6.29. The molecule has 3 fully saturated rings. The van der Waals surface area contributed by atoms with Gasteiger partial charge in [0.15, 0.2) is 0 Å². The number of rotatable bonds is 5. The molecule has 0 radical (unpaired) electrons. The molecule has 8 rings (SSSR count). The Hall–Kier alpha value is -3.54. The number of nitrogens with zero attached hydrogens (tertiary/aromatic N) is 3. The fraction of sp³-hybridized carbons (Fsp3) is 0.419. The molecule has 11 heteroatoms. The van der Waals surface area contributed by atoms with Gasteiger partial charge in [0.05, 0.1) is 49.0 Å². The lowest BCUT2D eigenvalue weighted by Crippen LogP contribution is -2.19. The number of halogens is 4. The van der Waals surface area contributed by atoms with Gasteiger partial charge in [-0.3, -0.25) is 4.90 Å². The van der Waals surface area contributed by atoms with Gasteiger partial charge in [-0.15, -0.1) is 0 Å². The van der Waals surface area contributed by atoms with Gasteiger partial charge in [-0.1, -0.05) is 36.4 Å². The van der Waals surface area contributed by atoms with Crippen LogP contribution in [0.2, 0.25) is 0 Å². The highest BCUT2D eigenvalue weighted by molar-refractivity contribution is 5.80. The lowest BCUT2D eigenvalue weighted by molar-refractivity contribution is 0.0201. The van der Waals surface area contributed by atoms with E-state index in [1.165, 1.54) is 16.7 Å². The molecule has 2 aromatic carbocycles. The summed E-state index contributed by atoms with van der Waals surface area (Å²) < 4.78 is 54.9. The quantitative estimate of drug-likeness (QED) is 0.210. The van der Waals surface area contributed by atoms with Crippen LogP contribution in [-0.2, 0) is 0 Å². The Balaban J connectivity index is 1.10. The molecule has 4 aliphatic rings. The van der Waals surface area contributed by atoms with Crippen molar-refractivity contribution < 1.29 is 17.6 Å². The van der Waals surface area contributed by atoms with Crippen LogP contribution in [0, 0.1) is 0 Å². The highest BCUT2D eigenvalue weighted by Gasteiger charge is 2.45. The number of hydrogen-bond donors (Lipinski definition) is 4. The van der Waals surface area contributed by atoms with Crippen LogP contribution in [-0.4, -0.2) is 56.8 Å². The largest absolute Gasteiger partial charge is 0.341 e. The highest BCUT2D eigenvalue weighted by atomic mass is 19.3. The van der Waals surface area contributed by atoms with E-state index in [4.69, 9.17) is 0 Å². The molecule has 0 amide bonds. The Labute approximate surface area is 240 Å². The summed E-state index contributed by atoms with van der Waals surface area (Å²) in [6.07, 6.45) is 5.11. The molecule has 218 valence electrons. The summed E-state index contributed by atoms with van der Waals surface area (Å²) in [5.41, 5.74) is 8.53. The molecule has 2 bridgehead atoms. The third-order valence-electron chi connectivity index (χ3n) is 9.52. The van der Waals surface area contributed by atoms with Gasteiger partial charge >= 0.3 is 0 Å². The van der Waals surface area contributed by atoms with E-state index < -0.39 is 23.9 Å². The first-order valence-corrected chi connectivity index (χ1v) is 14.5. The van der Waals surface area contributed by atoms with Crippen LogP contribution in [0.5, 0.6) is 0 Å². The van der Waals surface area contributed by atoms with E-state index in [2.05, 4.69) is 66.8 Å². The van der Waals surface area contributed by atoms with Crippen molar-refractivity contribution in [2.24, 2.45) is 0 Å². The average molecular weight is 578 g/mol. The highest BCUT2D eigenvalue weighted by Crippen LogP contribution is 2.57. The van der Waals surface area contributed by atoms with Gasteiger partial charge in [0.25, 0.3) is 11.8 Å². The topological polar surface area (TPSA) is 84.7 Å². The number of nitrogens with one attached hydrogen (secondary N) is 4. The first-order valence-electron chi connectivity index (χ1n) is 14.5. The summed E-state index contributed by atoms with van der Waals surface area (Å²) in [5.74, 6) is -4.36. The van der Waals surface area contributed by atoms with E-state index in [9.17, 15) is 17.6 Å². The first-order chi connectivity index (χ1) is 20.2. The number of aromatic amines is 2. The van der Waals surface area contributed by atoms with E-state index in [1.54, 1.807) is 12.4 Å². The smallest absolute Gasteiger partial charge is 0.262 e. The average Bonchev–Trinajstić information content (AvgIpc) is 3.81. The minimum Gasteiger partial charge on any atom is -0.341 e. The maximum Gasteiger partial charge on any atom is 0.262 e. The zero-order valence-corrected chi connectivity index (χ0v) is 23.0. The molecule has 0 aliphatic carbocycles. The molecular formula is C31H31F4N7. The van der Waals surface area contributed by atoms with Crippen molar-refractivity contribution in [2.45, 2.75) is 61.7 Å². The Morgan fingerprint density at radius 1 is 0.690 bits per heavy atom. The van der Waals surface area contributed by atoms with E-state index >= 15 is 0 Å². The lowest BCUT2D eigenvalue weighted by atomic mass is 9.82. The minimum absolute atomic E-state index is 0.256. The molecule has 4 aliphatic heterocycles. The summed E-state index contributed by atoms with van der Waals surface area (Å²) in [4.78, 5) is 17.9. The number of alkyl halides is 4. The van der Waals surface area contributed by atoms with Crippen molar-refractivity contribution in [2.75, 3.05) is 20.1 Å². The Morgan fingerprint density at radius 3 is 1.76 bits per heavy atom. The van der Waals surface area contributed by atoms with E-state index in [0.717, 1.165) is 40.9 Å². The molecule has 6 heterocycles. The summed E-state index contributed by atoms with van der Waals surface area (Å²) >= 11 is 0. The number of hydrogen-bond acceptors (Lipinski definition) is 5. The van der Waals surface area contributed by atoms with Gasteiger partial charge in [0, 0.05) is 30.5 Å².